The number of nitrogens with one attached hydrogen (secondary N) is 1. The Bertz CT molecular complexity index is 1130. The molecule has 3 aromatic rings. The van der Waals surface area contributed by atoms with Crippen molar-refractivity contribution < 1.29 is 14.3 Å². The van der Waals surface area contributed by atoms with E-state index in [4.69, 9.17) is 14.5 Å². The zero-order valence-electron chi connectivity index (χ0n) is 15.3. The van der Waals surface area contributed by atoms with Gasteiger partial charge in [-0.05, 0) is 43.2 Å². The van der Waals surface area contributed by atoms with Crippen LogP contribution in [0.5, 0.6) is 11.5 Å². The summed E-state index contributed by atoms with van der Waals surface area (Å²) in [7, 11) is 1.66. The van der Waals surface area contributed by atoms with Crippen LogP contribution < -0.4 is 19.6 Å². The molecule has 6 nitrogen and oxygen atoms in total. The third-order valence-corrected chi connectivity index (χ3v) is 5.70. The van der Waals surface area contributed by atoms with Crippen LogP contribution in [-0.2, 0) is 4.79 Å². The van der Waals surface area contributed by atoms with E-state index in [0.717, 1.165) is 40.3 Å². The number of nitrogens with zero attached hydrogens (tertiary/aromatic N) is 2. The van der Waals surface area contributed by atoms with Crippen LogP contribution in [0.15, 0.2) is 52.8 Å². The lowest BCUT2D eigenvalue weighted by molar-refractivity contribution is -0.118. The Labute approximate surface area is 166 Å². The van der Waals surface area contributed by atoms with Crippen molar-refractivity contribution in [3.8, 4) is 22.8 Å². The molecule has 2 heterocycles. The van der Waals surface area contributed by atoms with Gasteiger partial charge in [0.15, 0.2) is 11.4 Å². The van der Waals surface area contributed by atoms with Gasteiger partial charge < -0.3 is 19.4 Å². The Balaban J connectivity index is 1.62. The maximum Gasteiger partial charge on any atom is 0.262 e. The summed E-state index contributed by atoms with van der Waals surface area (Å²) in [6.07, 6.45) is 2.29. The van der Waals surface area contributed by atoms with Gasteiger partial charge in [0.25, 0.3) is 5.91 Å². The van der Waals surface area contributed by atoms with Crippen LogP contribution >= 0.6 is 11.3 Å². The summed E-state index contributed by atoms with van der Waals surface area (Å²) in [5, 5.41) is 5.01. The predicted molar refractivity (Wildman–Crippen MR) is 108 cm³/mol. The first-order valence-corrected chi connectivity index (χ1v) is 10.1. The molecular formula is C21H19N3O3S. The van der Waals surface area contributed by atoms with Gasteiger partial charge in [-0.15, -0.1) is 11.3 Å². The Morgan fingerprint density at radius 1 is 1.25 bits per heavy atom. The molecule has 1 aliphatic heterocycles. The first-order valence-electron chi connectivity index (χ1n) is 9.18. The van der Waals surface area contributed by atoms with Crippen LogP contribution in [0.4, 0.5) is 11.4 Å². The SMILES string of the molecule is COc1ccccc1N=c1scc(-c2ccc3c(c2)NC(=O)CO3)n1C1CC1. The number of benzene rings is 2. The van der Waals surface area contributed by atoms with E-state index in [9.17, 15) is 4.79 Å². The van der Waals surface area contributed by atoms with Crippen molar-refractivity contribution in [2.24, 2.45) is 4.99 Å². The number of rotatable bonds is 4. The third kappa shape index (κ3) is 3.07. The summed E-state index contributed by atoms with van der Waals surface area (Å²) in [5.74, 6) is 1.33. The van der Waals surface area contributed by atoms with E-state index < -0.39 is 0 Å². The zero-order valence-corrected chi connectivity index (χ0v) is 16.2. The molecule has 1 saturated carbocycles. The fraction of sp³-hybridized carbons (Fsp3) is 0.238. The van der Waals surface area contributed by atoms with Crippen molar-refractivity contribution in [2.75, 3.05) is 19.0 Å². The molecule has 0 saturated heterocycles. The molecular weight excluding hydrogens is 374 g/mol. The van der Waals surface area contributed by atoms with Crippen LogP contribution in [0.3, 0.4) is 0 Å². The summed E-state index contributed by atoms with van der Waals surface area (Å²) in [6, 6.07) is 14.2. The summed E-state index contributed by atoms with van der Waals surface area (Å²) in [4.78, 5) is 17.5. The van der Waals surface area contributed by atoms with Gasteiger partial charge in [-0.2, -0.15) is 0 Å². The normalized spacial score (nSPS) is 16.3. The first kappa shape index (κ1) is 17.1. The van der Waals surface area contributed by atoms with Gasteiger partial charge in [0.1, 0.15) is 17.2 Å². The number of carbonyl (C=O) groups excluding carboxylic acids is 1. The summed E-state index contributed by atoms with van der Waals surface area (Å²) in [5.41, 5.74) is 3.67. The number of amides is 1. The van der Waals surface area contributed by atoms with Crippen molar-refractivity contribution in [3.05, 3.63) is 52.6 Å². The molecule has 1 amide bonds. The Kier molecular flexibility index (Phi) is 4.16. The Hall–Kier alpha value is -3.06. The van der Waals surface area contributed by atoms with E-state index in [0.29, 0.717) is 17.5 Å². The fourth-order valence-electron chi connectivity index (χ4n) is 3.37. The van der Waals surface area contributed by atoms with Gasteiger partial charge in [-0.1, -0.05) is 12.1 Å². The van der Waals surface area contributed by atoms with Crippen molar-refractivity contribution in [2.45, 2.75) is 18.9 Å². The van der Waals surface area contributed by atoms with E-state index >= 15 is 0 Å². The van der Waals surface area contributed by atoms with E-state index in [1.165, 1.54) is 0 Å². The summed E-state index contributed by atoms with van der Waals surface area (Å²) < 4.78 is 13.2. The van der Waals surface area contributed by atoms with Gasteiger partial charge in [-0.3, -0.25) is 4.79 Å². The van der Waals surface area contributed by atoms with E-state index in [1.54, 1.807) is 18.4 Å². The maximum atomic E-state index is 11.7. The molecule has 1 N–H and O–H groups in total. The minimum absolute atomic E-state index is 0.0643. The molecule has 0 atom stereocenters. The van der Waals surface area contributed by atoms with Gasteiger partial charge in [0, 0.05) is 17.0 Å². The predicted octanol–water partition coefficient (Wildman–Crippen LogP) is 4.12. The number of carbonyl (C=O) groups is 1. The number of hydrogen-bond acceptors (Lipinski definition) is 5. The van der Waals surface area contributed by atoms with Crippen molar-refractivity contribution >= 4 is 28.6 Å². The zero-order chi connectivity index (χ0) is 19.1. The third-order valence-electron chi connectivity index (χ3n) is 4.86. The highest BCUT2D eigenvalue weighted by Gasteiger charge is 2.28. The van der Waals surface area contributed by atoms with Gasteiger partial charge in [0.05, 0.1) is 18.5 Å². The average molecular weight is 393 g/mol. The molecule has 0 bridgehead atoms. The minimum Gasteiger partial charge on any atom is -0.494 e. The molecule has 1 fully saturated rings. The lowest BCUT2D eigenvalue weighted by Gasteiger charge is -2.19. The monoisotopic (exact) mass is 393 g/mol. The second kappa shape index (κ2) is 6.83. The van der Waals surface area contributed by atoms with E-state index in [1.807, 2.05) is 42.5 Å². The molecule has 7 heteroatoms. The molecule has 142 valence electrons. The van der Waals surface area contributed by atoms with Crippen LogP contribution in [0, 0.1) is 0 Å². The van der Waals surface area contributed by atoms with E-state index in [2.05, 4.69) is 15.3 Å². The van der Waals surface area contributed by atoms with Gasteiger partial charge in [-0.25, -0.2) is 4.99 Å². The average Bonchev–Trinajstić information content (AvgIpc) is 3.48. The summed E-state index contributed by atoms with van der Waals surface area (Å²) in [6.45, 7) is 0.0643. The van der Waals surface area contributed by atoms with Gasteiger partial charge >= 0.3 is 0 Å². The lowest BCUT2D eigenvalue weighted by Crippen LogP contribution is -2.25. The smallest absolute Gasteiger partial charge is 0.262 e. The molecule has 1 aromatic heterocycles. The number of fused-ring (bicyclic) bond motifs is 1. The van der Waals surface area contributed by atoms with Crippen LogP contribution in [0.1, 0.15) is 18.9 Å². The lowest BCUT2D eigenvalue weighted by atomic mass is 10.1. The molecule has 2 aromatic carbocycles. The highest BCUT2D eigenvalue weighted by Crippen LogP contribution is 2.40. The van der Waals surface area contributed by atoms with Gasteiger partial charge in [0.2, 0.25) is 0 Å². The molecule has 28 heavy (non-hydrogen) atoms. The van der Waals surface area contributed by atoms with Crippen LogP contribution in [-0.4, -0.2) is 24.2 Å². The molecule has 2 aliphatic rings. The van der Waals surface area contributed by atoms with E-state index in [-0.39, 0.29) is 12.5 Å². The standard InChI is InChI=1S/C21H19N3O3S/c1-26-18-5-3-2-4-15(18)23-21-24(14-7-8-14)17(12-28-21)13-6-9-19-16(10-13)22-20(25)11-27-19/h2-6,9-10,12,14H,7-8,11H2,1H3,(H,22,25). The quantitative estimate of drug-likeness (QED) is 0.725. The topological polar surface area (TPSA) is 64.8 Å². The second-order valence-corrected chi connectivity index (χ2v) is 7.67. The number of anilines is 1. The molecule has 0 radical (unpaired) electrons. The van der Waals surface area contributed by atoms with Crippen molar-refractivity contribution in [1.29, 1.82) is 0 Å². The first-order chi connectivity index (χ1) is 13.7. The minimum atomic E-state index is -0.128. The maximum absolute atomic E-state index is 11.7. The Morgan fingerprint density at radius 3 is 2.93 bits per heavy atom. The Morgan fingerprint density at radius 2 is 2.11 bits per heavy atom. The summed E-state index contributed by atoms with van der Waals surface area (Å²) >= 11 is 1.61. The van der Waals surface area contributed by atoms with Crippen molar-refractivity contribution in [1.82, 2.24) is 4.57 Å². The molecule has 0 spiro atoms. The number of methoxy groups -OCH3 is 1. The number of aromatic nitrogens is 1. The largest absolute Gasteiger partial charge is 0.494 e. The fourth-order valence-corrected chi connectivity index (χ4v) is 4.34. The number of thiazole rings is 1. The highest BCUT2D eigenvalue weighted by molar-refractivity contribution is 7.07. The van der Waals surface area contributed by atoms with Crippen molar-refractivity contribution in [3.63, 3.8) is 0 Å². The molecule has 1 aliphatic carbocycles. The van der Waals surface area contributed by atoms with Crippen LogP contribution in [0.25, 0.3) is 11.3 Å². The number of para-hydroxylation sites is 2. The second-order valence-electron chi connectivity index (χ2n) is 6.84. The number of ether oxygens (including phenoxy) is 2. The highest BCUT2D eigenvalue weighted by atomic mass is 32.1. The number of hydrogen-bond donors (Lipinski definition) is 1. The molecule has 0 unspecified atom stereocenters. The van der Waals surface area contributed by atoms with Crippen LogP contribution in [0.2, 0.25) is 0 Å². The molecule has 5 rings (SSSR count).